The number of allylic oxidation sites excluding steroid dienone is 1. The van der Waals surface area contributed by atoms with Crippen molar-refractivity contribution in [2.24, 2.45) is 5.41 Å². The zero-order chi connectivity index (χ0) is 8.32. The van der Waals surface area contributed by atoms with Crippen molar-refractivity contribution in [3.8, 4) is 0 Å². The first kappa shape index (κ1) is 8.54. The van der Waals surface area contributed by atoms with E-state index in [1.165, 1.54) is 4.88 Å². The monoisotopic (exact) mass is 166 g/mol. The van der Waals surface area contributed by atoms with Gasteiger partial charge in [-0.05, 0) is 23.3 Å². The molecule has 0 saturated carbocycles. The maximum atomic E-state index is 3.82. The van der Waals surface area contributed by atoms with Crippen LogP contribution in [0.2, 0.25) is 0 Å². The average Bonchev–Trinajstić information content (AvgIpc) is 2.39. The molecule has 1 rings (SSSR count). The lowest BCUT2D eigenvalue weighted by Gasteiger charge is -2.17. The van der Waals surface area contributed by atoms with Crippen molar-refractivity contribution in [2.45, 2.75) is 20.3 Å². The molecule has 0 spiro atoms. The van der Waals surface area contributed by atoms with E-state index in [0.29, 0.717) is 0 Å². The Balaban J connectivity index is 2.63. The van der Waals surface area contributed by atoms with Crippen LogP contribution in [-0.2, 0) is 6.42 Å². The molecule has 0 aliphatic carbocycles. The van der Waals surface area contributed by atoms with Crippen molar-refractivity contribution in [3.63, 3.8) is 0 Å². The standard InChI is InChI=1S/C10H14S/c1-4-10(2,3)8-9-6-5-7-11-9/h4-7H,1,8H2,2-3H3. The van der Waals surface area contributed by atoms with E-state index in [0.717, 1.165) is 6.42 Å². The SMILES string of the molecule is C=CC(C)(C)Cc1cccs1. The summed E-state index contributed by atoms with van der Waals surface area (Å²) in [4.78, 5) is 1.44. The van der Waals surface area contributed by atoms with Gasteiger partial charge in [-0.25, -0.2) is 0 Å². The van der Waals surface area contributed by atoms with Gasteiger partial charge in [0.05, 0.1) is 0 Å². The first-order chi connectivity index (χ1) is 5.14. The lowest BCUT2D eigenvalue weighted by atomic mass is 9.89. The number of rotatable bonds is 3. The van der Waals surface area contributed by atoms with Gasteiger partial charge in [0.25, 0.3) is 0 Å². The quantitative estimate of drug-likeness (QED) is 0.603. The van der Waals surface area contributed by atoms with E-state index in [4.69, 9.17) is 0 Å². The van der Waals surface area contributed by atoms with Crippen LogP contribution in [0.15, 0.2) is 30.2 Å². The second-order valence-electron chi connectivity index (χ2n) is 3.45. The summed E-state index contributed by atoms with van der Waals surface area (Å²) in [7, 11) is 0. The summed E-state index contributed by atoms with van der Waals surface area (Å²) < 4.78 is 0. The van der Waals surface area contributed by atoms with Crippen LogP contribution in [0.5, 0.6) is 0 Å². The molecular weight excluding hydrogens is 152 g/mol. The first-order valence-electron chi connectivity index (χ1n) is 3.80. The maximum Gasteiger partial charge on any atom is 0.00536 e. The molecule has 11 heavy (non-hydrogen) atoms. The Morgan fingerprint density at radius 3 is 2.82 bits per heavy atom. The van der Waals surface area contributed by atoms with Gasteiger partial charge in [0.1, 0.15) is 0 Å². The van der Waals surface area contributed by atoms with Crippen LogP contribution < -0.4 is 0 Å². The fourth-order valence-electron chi connectivity index (χ4n) is 0.934. The van der Waals surface area contributed by atoms with Gasteiger partial charge in [-0.15, -0.1) is 17.9 Å². The van der Waals surface area contributed by atoms with Crippen molar-refractivity contribution in [2.75, 3.05) is 0 Å². The minimum atomic E-state index is 0.241. The Hall–Kier alpha value is -0.560. The highest BCUT2D eigenvalue weighted by Gasteiger charge is 2.13. The Morgan fingerprint density at radius 2 is 2.36 bits per heavy atom. The minimum Gasteiger partial charge on any atom is -0.149 e. The van der Waals surface area contributed by atoms with Gasteiger partial charge in [0.15, 0.2) is 0 Å². The third-order valence-corrected chi connectivity index (χ3v) is 2.64. The molecule has 0 saturated heterocycles. The van der Waals surface area contributed by atoms with Crippen molar-refractivity contribution in [1.82, 2.24) is 0 Å². The largest absolute Gasteiger partial charge is 0.149 e. The summed E-state index contributed by atoms with van der Waals surface area (Å²) in [5, 5.41) is 2.12. The van der Waals surface area contributed by atoms with E-state index in [1.54, 1.807) is 0 Å². The molecule has 0 N–H and O–H groups in total. The van der Waals surface area contributed by atoms with Crippen LogP contribution in [-0.4, -0.2) is 0 Å². The molecule has 0 amide bonds. The Bertz CT molecular complexity index is 219. The van der Waals surface area contributed by atoms with Gasteiger partial charge in [-0.1, -0.05) is 26.0 Å². The van der Waals surface area contributed by atoms with Crippen LogP contribution in [0.4, 0.5) is 0 Å². The summed E-state index contributed by atoms with van der Waals surface area (Å²) in [6.45, 7) is 8.23. The van der Waals surface area contributed by atoms with Crippen molar-refractivity contribution in [3.05, 3.63) is 35.0 Å². The maximum absolute atomic E-state index is 3.82. The van der Waals surface area contributed by atoms with Gasteiger partial charge in [-0.3, -0.25) is 0 Å². The zero-order valence-electron chi connectivity index (χ0n) is 7.13. The van der Waals surface area contributed by atoms with E-state index < -0.39 is 0 Å². The number of thiophene rings is 1. The molecule has 0 nitrogen and oxygen atoms in total. The molecule has 0 aliphatic rings. The predicted octanol–water partition coefficient (Wildman–Crippen LogP) is 3.50. The smallest absolute Gasteiger partial charge is 0.00536 e. The molecule has 1 aromatic heterocycles. The van der Waals surface area contributed by atoms with Crippen LogP contribution in [0, 0.1) is 5.41 Å². The third-order valence-electron chi connectivity index (χ3n) is 1.76. The van der Waals surface area contributed by atoms with E-state index in [-0.39, 0.29) is 5.41 Å². The van der Waals surface area contributed by atoms with Gasteiger partial charge < -0.3 is 0 Å². The fourth-order valence-corrected chi connectivity index (χ4v) is 1.88. The summed E-state index contributed by atoms with van der Waals surface area (Å²) in [6.07, 6.45) is 3.13. The molecule has 60 valence electrons. The van der Waals surface area contributed by atoms with E-state index in [1.807, 2.05) is 17.4 Å². The van der Waals surface area contributed by atoms with Crippen LogP contribution in [0.25, 0.3) is 0 Å². The van der Waals surface area contributed by atoms with Gasteiger partial charge in [0, 0.05) is 4.88 Å². The number of hydrogen-bond donors (Lipinski definition) is 0. The molecule has 0 aromatic carbocycles. The second kappa shape index (κ2) is 3.22. The molecule has 0 aliphatic heterocycles. The highest BCUT2D eigenvalue weighted by molar-refractivity contribution is 7.09. The molecule has 0 atom stereocenters. The normalized spacial score (nSPS) is 11.5. The zero-order valence-corrected chi connectivity index (χ0v) is 7.95. The lowest BCUT2D eigenvalue weighted by molar-refractivity contribution is 0.483. The van der Waals surface area contributed by atoms with E-state index in [9.17, 15) is 0 Å². The second-order valence-corrected chi connectivity index (χ2v) is 4.48. The molecule has 0 unspecified atom stereocenters. The molecule has 1 heteroatoms. The van der Waals surface area contributed by atoms with Gasteiger partial charge in [-0.2, -0.15) is 0 Å². The van der Waals surface area contributed by atoms with Crippen LogP contribution >= 0.6 is 11.3 Å². The Morgan fingerprint density at radius 1 is 1.64 bits per heavy atom. The molecule has 0 bridgehead atoms. The van der Waals surface area contributed by atoms with Crippen molar-refractivity contribution < 1.29 is 0 Å². The summed E-state index contributed by atoms with van der Waals surface area (Å²) in [5.41, 5.74) is 0.241. The third kappa shape index (κ3) is 2.51. The topological polar surface area (TPSA) is 0 Å². The van der Waals surface area contributed by atoms with Gasteiger partial charge >= 0.3 is 0 Å². The summed E-state index contributed by atoms with van der Waals surface area (Å²) in [5.74, 6) is 0. The molecule has 1 aromatic rings. The van der Waals surface area contributed by atoms with E-state index in [2.05, 4.69) is 37.9 Å². The molecular formula is C10H14S. The molecule has 0 radical (unpaired) electrons. The molecule has 1 heterocycles. The summed E-state index contributed by atoms with van der Waals surface area (Å²) >= 11 is 1.82. The average molecular weight is 166 g/mol. The van der Waals surface area contributed by atoms with Gasteiger partial charge in [0.2, 0.25) is 0 Å². The van der Waals surface area contributed by atoms with E-state index >= 15 is 0 Å². The predicted molar refractivity (Wildman–Crippen MR) is 52.0 cm³/mol. The van der Waals surface area contributed by atoms with Crippen LogP contribution in [0.1, 0.15) is 18.7 Å². The molecule has 0 fully saturated rings. The van der Waals surface area contributed by atoms with Crippen molar-refractivity contribution >= 4 is 11.3 Å². The highest BCUT2D eigenvalue weighted by atomic mass is 32.1. The highest BCUT2D eigenvalue weighted by Crippen LogP contribution is 2.24. The minimum absolute atomic E-state index is 0.241. The van der Waals surface area contributed by atoms with Crippen LogP contribution in [0.3, 0.4) is 0 Å². The van der Waals surface area contributed by atoms with Crippen molar-refractivity contribution in [1.29, 1.82) is 0 Å². The lowest BCUT2D eigenvalue weighted by Crippen LogP contribution is -2.09. The number of hydrogen-bond acceptors (Lipinski definition) is 1. The summed E-state index contributed by atoms with van der Waals surface area (Å²) in [6, 6.07) is 4.27. The Labute approximate surface area is 72.6 Å². The Kier molecular flexibility index (Phi) is 2.50. The fraction of sp³-hybridized carbons (Fsp3) is 0.400. The first-order valence-corrected chi connectivity index (χ1v) is 4.68.